The van der Waals surface area contributed by atoms with Gasteiger partial charge in [-0.25, -0.2) is 9.78 Å². The molecule has 25 heavy (non-hydrogen) atoms. The highest BCUT2D eigenvalue weighted by Gasteiger charge is 2.11. The highest BCUT2D eigenvalue weighted by atomic mass is 35.5. The van der Waals surface area contributed by atoms with Crippen LogP contribution in [-0.2, 0) is 9.53 Å². The predicted molar refractivity (Wildman–Crippen MR) is 94.5 cm³/mol. The van der Waals surface area contributed by atoms with Crippen molar-refractivity contribution in [3.63, 3.8) is 0 Å². The lowest BCUT2D eigenvalue weighted by Crippen LogP contribution is -2.01. The summed E-state index contributed by atoms with van der Waals surface area (Å²) in [5.41, 5.74) is 2.46. The number of carbonyl (C=O) groups excluding carboxylic acids is 2. The van der Waals surface area contributed by atoms with Crippen LogP contribution in [0.2, 0.25) is 5.02 Å². The Morgan fingerprint density at radius 3 is 2.68 bits per heavy atom. The van der Waals surface area contributed by atoms with Crippen molar-refractivity contribution in [3.8, 4) is 0 Å². The quantitative estimate of drug-likeness (QED) is 0.424. The average Bonchev–Trinajstić information content (AvgIpc) is 3.05. The monoisotopic (exact) mass is 356 g/mol. The molecule has 0 bridgehead atoms. The van der Waals surface area contributed by atoms with Gasteiger partial charge in [-0.2, -0.15) is 0 Å². The molecule has 0 saturated carbocycles. The number of aromatic nitrogens is 1. The summed E-state index contributed by atoms with van der Waals surface area (Å²) in [5, 5.41) is 3.50. The van der Waals surface area contributed by atoms with Crippen LogP contribution in [0.25, 0.3) is 16.7 Å². The summed E-state index contributed by atoms with van der Waals surface area (Å²) < 4.78 is 10.2. The number of halogens is 1. The Balaban J connectivity index is 1.82. The number of methoxy groups -OCH3 is 1. The van der Waals surface area contributed by atoms with E-state index in [4.69, 9.17) is 16.0 Å². The Morgan fingerprint density at radius 2 is 2.00 bits per heavy atom. The first kappa shape index (κ1) is 16.7. The maximum atomic E-state index is 11.4. The molecule has 0 aliphatic heterocycles. The van der Waals surface area contributed by atoms with Crippen molar-refractivity contribution in [3.05, 3.63) is 65.1 Å². The highest BCUT2D eigenvalue weighted by Crippen LogP contribution is 2.23. The second-order valence-corrected chi connectivity index (χ2v) is 5.50. The van der Waals surface area contributed by atoms with Gasteiger partial charge in [0, 0.05) is 16.9 Å². The number of esters is 1. The first-order valence-electron chi connectivity index (χ1n) is 7.27. The van der Waals surface area contributed by atoms with Crippen molar-refractivity contribution in [1.29, 1.82) is 0 Å². The molecule has 3 rings (SSSR count). The topological polar surface area (TPSA) is 81.4 Å². The van der Waals surface area contributed by atoms with Crippen molar-refractivity contribution >= 4 is 46.2 Å². The Hall–Kier alpha value is -3.12. The molecule has 0 saturated heterocycles. The molecular weight excluding hydrogens is 344 g/mol. The van der Waals surface area contributed by atoms with Gasteiger partial charge in [0.05, 0.1) is 18.2 Å². The normalized spacial score (nSPS) is 11.4. The SMILES string of the molecule is COC(=O)c1ccc(N/C=C(/C=O)c2nc3cc(Cl)ccc3o2)cc1. The van der Waals surface area contributed by atoms with Gasteiger partial charge in [0.25, 0.3) is 0 Å². The first-order valence-corrected chi connectivity index (χ1v) is 7.65. The molecule has 1 heterocycles. The number of aldehydes is 1. The number of hydrogen-bond donors (Lipinski definition) is 1. The molecule has 1 aromatic heterocycles. The van der Waals surface area contributed by atoms with E-state index < -0.39 is 5.97 Å². The van der Waals surface area contributed by atoms with Gasteiger partial charge in [0.15, 0.2) is 11.9 Å². The van der Waals surface area contributed by atoms with E-state index in [-0.39, 0.29) is 11.5 Å². The largest absolute Gasteiger partial charge is 0.465 e. The molecular formula is C18H13ClN2O4. The first-order chi connectivity index (χ1) is 12.1. The third kappa shape index (κ3) is 3.70. The third-order valence-corrected chi connectivity index (χ3v) is 3.66. The van der Waals surface area contributed by atoms with Crippen molar-refractivity contribution in [2.24, 2.45) is 0 Å². The van der Waals surface area contributed by atoms with Crippen LogP contribution in [0.5, 0.6) is 0 Å². The summed E-state index contributed by atoms with van der Waals surface area (Å²) in [7, 11) is 1.32. The van der Waals surface area contributed by atoms with E-state index in [2.05, 4.69) is 15.0 Å². The molecule has 0 fully saturated rings. The maximum Gasteiger partial charge on any atom is 0.337 e. The van der Waals surface area contributed by atoms with Crippen molar-refractivity contribution in [1.82, 2.24) is 4.98 Å². The van der Waals surface area contributed by atoms with E-state index in [0.717, 1.165) is 0 Å². The minimum Gasteiger partial charge on any atom is -0.465 e. The summed E-state index contributed by atoms with van der Waals surface area (Å²) in [6.45, 7) is 0. The lowest BCUT2D eigenvalue weighted by Gasteiger charge is -2.03. The summed E-state index contributed by atoms with van der Waals surface area (Å²) in [6.07, 6.45) is 2.12. The van der Waals surface area contributed by atoms with Crippen molar-refractivity contribution < 1.29 is 18.7 Å². The number of nitrogens with zero attached hydrogens (tertiary/aromatic N) is 1. The second-order valence-electron chi connectivity index (χ2n) is 5.06. The van der Waals surface area contributed by atoms with Gasteiger partial charge in [-0.1, -0.05) is 11.6 Å². The fourth-order valence-corrected chi connectivity index (χ4v) is 2.32. The van der Waals surface area contributed by atoms with Crippen molar-refractivity contribution in [2.45, 2.75) is 0 Å². The molecule has 7 heteroatoms. The molecule has 126 valence electrons. The molecule has 0 spiro atoms. The number of fused-ring (bicyclic) bond motifs is 1. The van der Waals surface area contributed by atoms with Crippen LogP contribution >= 0.6 is 11.6 Å². The van der Waals surface area contributed by atoms with Gasteiger partial charge < -0.3 is 14.5 Å². The minimum atomic E-state index is -0.416. The molecule has 0 radical (unpaired) electrons. The zero-order chi connectivity index (χ0) is 17.8. The number of hydrogen-bond acceptors (Lipinski definition) is 6. The number of anilines is 1. The number of carbonyl (C=O) groups is 2. The highest BCUT2D eigenvalue weighted by molar-refractivity contribution is 6.31. The third-order valence-electron chi connectivity index (χ3n) is 3.42. The average molecular weight is 357 g/mol. The molecule has 0 unspecified atom stereocenters. The molecule has 0 aliphatic carbocycles. The molecule has 0 atom stereocenters. The van der Waals surface area contributed by atoms with Crippen LogP contribution in [-0.4, -0.2) is 24.3 Å². The maximum absolute atomic E-state index is 11.4. The Labute approximate surface area is 148 Å². The Morgan fingerprint density at radius 1 is 1.24 bits per heavy atom. The standard InChI is InChI=1S/C18H13ClN2O4/c1-24-18(23)11-2-5-14(6-3-11)20-9-12(10-22)17-21-15-8-13(19)4-7-16(15)25-17/h2-10,20H,1H3/b12-9-. The van der Waals surface area contributed by atoms with Gasteiger partial charge in [-0.15, -0.1) is 0 Å². The number of allylic oxidation sites excluding steroid dienone is 1. The van der Waals surface area contributed by atoms with Crippen molar-refractivity contribution in [2.75, 3.05) is 12.4 Å². The lowest BCUT2D eigenvalue weighted by molar-refractivity contribution is -0.103. The number of oxazole rings is 1. The van der Waals surface area contributed by atoms with E-state index in [1.165, 1.54) is 13.3 Å². The van der Waals surface area contributed by atoms with Gasteiger partial charge in [0.1, 0.15) is 5.52 Å². The van der Waals surface area contributed by atoms with Gasteiger partial charge >= 0.3 is 5.97 Å². The number of ether oxygens (including phenoxy) is 1. The van der Waals surface area contributed by atoms with Crippen LogP contribution in [0.4, 0.5) is 5.69 Å². The molecule has 0 aliphatic rings. The van der Waals surface area contributed by atoms with E-state index in [1.807, 2.05) is 0 Å². The Bertz CT molecular complexity index is 961. The van der Waals surface area contributed by atoms with Gasteiger partial charge in [-0.3, -0.25) is 4.79 Å². The number of nitrogens with one attached hydrogen (secondary N) is 1. The van der Waals surface area contributed by atoms with E-state index in [1.54, 1.807) is 42.5 Å². The van der Waals surface area contributed by atoms with Crippen LogP contribution in [0.3, 0.4) is 0 Å². The molecule has 6 nitrogen and oxygen atoms in total. The van der Waals surface area contributed by atoms with E-state index >= 15 is 0 Å². The van der Waals surface area contributed by atoms with Gasteiger partial charge in [-0.05, 0) is 42.5 Å². The van der Waals surface area contributed by atoms with Crippen LogP contribution in [0.1, 0.15) is 16.2 Å². The number of rotatable bonds is 5. The zero-order valence-corrected chi connectivity index (χ0v) is 13.9. The smallest absolute Gasteiger partial charge is 0.337 e. The van der Waals surface area contributed by atoms with Crippen LogP contribution < -0.4 is 5.32 Å². The second kappa shape index (κ2) is 7.19. The summed E-state index contributed by atoms with van der Waals surface area (Å²) in [5.74, 6) is -0.230. The summed E-state index contributed by atoms with van der Waals surface area (Å²) >= 11 is 5.92. The predicted octanol–water partition coefficient (Wildman–Crippen LogP) is 3.92. The van der Waals surface area contributed by atoms with Crippen LogP contribution in [0, 0.1) is 0 Å². The summed E-state index contributed by atoms with van der Waals surface area (Å²) in [4.78, 5) is 27.0. The minimum absolute atomic E-state index is 0.186. The fourth-order valence-electron chi connectivity index (χ4n) is 2.15. The van der Waals surface area contributed by atoms with Gasteiger partial charge in [0.2, 0.25) is 5.89 Å². The molecule has 0 amide bonds. The molecule has 3 aromatic rings. The fraction of sp³-hybridized carbons (Fsp3) is 0.0556. The zero-order valence-electron chi connectivity index (χ0n) is 13.2. The molecule has 1 N–H and O–H groups in total. The van der Waals surface area contributed by atoms with Crippen LogP contribution in [0.15, 0.2) is 53.1 Å². The van der Waals surface area contributed by atoms with E-state index in [9.17, 15) is 9.59 Å². The lowest BCUT2D eigenvalue weighted by atomic mass is 10.2. The number of benzene rings is 2. The summed E-state index contributed by atoms with van der Waals surface area (Å²) in [6, 6.07) is 11.6. The van der Waals surface area contributed by atoms with E-state index in [0.29, 0.717) is 33.7 Å². The Kier molecular flexibility index (Phi) is 4.81. The molecule has 2 aromatic carbocycles.